The summed E-state index contributed by atoms with van der Waals surface area (Å²) in [6.45, 7) is 0.376. The molecule has 1 aliphatic heterocycles. The van der Waals surface area contributed by atoms with Gasteiger partial charge in [-0.05, 0) is 31.2 Å². The van der Waals surface area contributed by atoms with Crippen LogP contribution < -0.4 is 15.3 Å². The van der Waals surface area contributed by atoms with Crippen LogP contribution in [0.1, 0.15) is 18.7 Å². The minimum absolute atomic E-state index is 0.0969. The van der Waals surface area contributed by atoms with Gasteiger partial charge in [0.2, 0.25) is 5.60 Å². The van der Waals surface area contributed by atoms with Gasteiger partial charge in [0.05, 0.1) is 5.69 Å². The van der Waals surface area contributed by atoms with E-state index in [-0.39, 0.29) is 17.3 Å². The van der Waals surface area contributed by atoms with E-state index < -0.39 is 50.3 Å². The summed E-state index contributed by atoms with van der Waals surface area (Å²) >= 11 is 0. The molecule has 0 bridgehead atoms. The van der Waals surface area contributed by atoms with Crippen molar-refractivity contribution in [1.82, 2.24) is 19.7 Å². The number of nitrogens with one attached hydrogen (secondary N) is 1. The van der Waals surface area contributed by atoms with Gasteiger partial charge in [0.15, 0.2) is 5.82 Å². The Hall–Kier alpha value is -3.57. The molecule has 1 saturated heterocycles. The Morgan fingerprint density at radius 1 is 1.36 bits per heavy atom. The molecule has 2 aromatic heterocycles. The standard InChI is InChI=1S/C21H23N6O8P/c1-12(20(30)31)26-36(32,35-13-5-3-2-4-6-13)33-10-21(9-22)18(29)16(28)17(34-21)14-7-8-15-19(23)24-11-25-27(14)15/h2-8,11-12,16-18,28-29H,10H2,1H3,(H,26,32)(H,30,31)(H2,23,24,25)/t12?,16-,17-,18-,21+,36+/m0/s1. The summed E-state index contributed by atoms with van der Waals surface area (Å²) < 4.78 is 31.4. The summed E-state index contributed by atoms with van der Waals surface area (Å²) in [5, 5.41) is 47.0. The number of rotatable bonds is 9. The molecule has 190 valence electrons. The van der Waals surface area contributed by atoms with Crippen molar-refractivity contribution in [2.24, 2.45) is 0 Å². The average molecular weight is 518 g/mol. The summed E-state index contributed by atoms with van der Waals surface area (Å²) in [6, 6.07) is 11.3. The van der Waals surface area contributed by atoms with E-state index >= 15 is 0 Å². The summed E-state index contributed by atoms with van der Waals surface area (Å²) in [7, 11) is -4.43. The molecular weight excluding hydrogens is 495 g/mol. The predicted molar refractivity (Wildman–Crippen MR) is 122 cm³/mol. The van der Waals surface area contributed by atoms with Crippen molar-refractivity contribution in [3.63, 3.8) is 0 Å². The van der Waals surface area contributed by atoms with Gasteiger partial charge in [-0.1, -0.05) is 18.2 Å². The normalized spacial score (nSPS) is 26.2. The largest absolute Gasteiger partial charge is 0.480 e. The zero-order valence-corrected chi connectivity index (χ0v) is 19.7. The molecule has 1 unspecified atom stereocenters. The molecular formula is C21H23N6O8P. The number of anilines is 1. The van der Waals surface area contributed by atoms with Crippen LogP contribution in [0.5, 0.6) is 5.75 Å². The number of nitrogen functional groups attached to an aromatic ring is 1. The first-order chi connectivity index (χ1) is 17.1. The highest BCUT2D eigenvalue weighted by Gasteiger charge is 2.57. The van der Waals surface area contributed by atoms with Crippen LogP contribution in [0.4, 0.5) is 5.82 Å². The highest BCUT2D eigenvalue weighted by molar-refractivity contribution is 7.52. The van der Waals surface area contributed by atoms with Crippen molar-refractivity contribution in [2.45, 2.75) is 36.9 Å². The molecule has 1 aromatic carbocycles. The van der Waals surface area contributed by atoms with E-state index in [4.69, 9.17) is 19.5 Å². The first-order valence-corrected chi connectivity index (χ1v) is 12.2. The van der Waals surface area contributed by atoms with Crippen LogP contribution in [0.2, 0.25) is 0 Å². The highest BCUT2D eigenvalue weighted by atomic mass is 31.2. The van der Waals surface area contributed by atoms with Gasteiger partial charge < -0.3 is 30.3 Å². The number of benzene rings is 1. The number of hydrogen-bond donors (Lipinski definition) is 5. The number of fused-ring (bicyclic) bond motifs is 1. The van der Waals surface area contributed by atoms with Crippen molar-refractivity contribution < 1.29 is 38.5 Å². The molecule has 1 fully saturated rings. The number of carboxylic acid groups (broad SMARTS) is 1. The first-order valence-electron chi connectivity index (χ1n) is 10.6. The molecule has 36 heavy (non-hydrogen) atoms. The lowest BCUT2D eigenvalue weighted by Crippen LogP contribution is -2.46. The lowest BCUT2D eigenvalue weighted by Gasteiger charge is -2.28. The Balaban J connectivity index is 1.61. The Morgan fingerprint density at radius 3 is 2.75 bits per heavy atom. The van der Waals surface area contributed by atoms with Crippen LogP contribution in [-0.4, -0.2) is 66.3 Å². The highest BCUT2D eigenvalue weighted by Crippen LogP contribution is 2.48. The number of nitrogens with zero attached hydrogens (tertiary/aromatic N) is 4. The topological polar surface area (TPSA) is 215 Å². The number of aromatic nitrogens is 3. The molecule has 6 N–H and O–H groups in total. The van der Waals surface area contributed by atoms with Crippen LogP contribution in [0, 0.1) is 11.3 Å². The van der Waals surface area contributed by atoms with E-state index in [1.165, 1.54) is 36.0 Å². The predicted octanol–water partition coefficient (Wildman–Crippen LogP) is 0.633. The number of aliphatic hydroxyl groups excluding tert-OH is 2. The van der Waals surface area contributed by atoms with Gasteiger partial charge in [-0.15, -0.1) is 0 Å². The molecule has 15 heteroatoms. The SMILES string of the molecule is CC(N[P@@](=O)(OC[C@@]1(C#N)O[C@@H](c2ccc3c(N)ncnn23)[C@H](O)[C@@H]1O)Oc1ccccc1)C(=O)O. The molecule has 3 heterocycles. The third-order valence-electron chi connectivity index (χ3n) is 5.58. The molecule has 6 atom stereocenters. The number of carbonyl (C=O) groups is 1. The fraction of sp³-hybridized carbons (Fsp3) is 0.333. The maximum absolute atomic E-state index is 13.5. The number of carboxylic acids is 1. The van der Waals surface area contributed by atoms with Crippen LogP contribution >= 0.6 is 7.75 Å². The minimum atomic E-state index is -4.43. The fourth-order valence-corrected chi connectivity index (χ4v) is 5.18. The second-order valence-electron chi connectivity index (χ2n) is 8.04. The summed E-state index contributed by atoms with van der Waals surface area (Å²) in [5.74, 6) is -1.07. The van der Waals surface area contributed by atoms with Gasteiger partial charge in [0.25, 0.3) is 0 Å². The van der Waals surface area contributed by atoms with Gasteiger partial charge in [0, 0.05) is 0 Å². The summed E-state index contributed by atoms with van der Waals surface area (Å²) in [4.78, 5) is 15.2. The number of hydrogen-bond acceptors (Lipinski definition) is 11. The van der Waals surface area contributed by atoms with Crippen molar-refractivity contribution in [2.75, 3.05) is 12.3 Å². The molecule has 4 rings (SSSR count). The quantitative estimate of drug-likeness (QED) is 0.246. The number of nitrogens with two attached hydrogens (primary N) is 1. The monoisotopic (exact) mass is 518 g/mol. The maximum Gasteiger partial charge on any atom is 0.459 e. The van der Waals surface area contributed by atoms with Crippen molar-refractivity contribution in [1.29, 1.82) is 5.26 Å². The third kappa shape index (κ3) is 4.76. The van der Waals surface area contributed by atoms with Crippen LogP contribution in [-0.2, 0) is 18.6 Å². The number of aliphatic hydroxyl groups is 2. The third-order valence-corrected chi connectivity index (χ3v) is 7.20. The van der Waals surface area contributed by atoms with Crippen molar-refractivity contribution in [3.05, 3.63) is 54.5 Å². The zero-order valence-electron chi connectivity index (χ0n) is 18.8. The van der Waals surface area contributed by atoms with Gasteiger partial charge in [-0.2, -0.15) is 15.4 Å². The first kappa shape index (κ1) is 25.5. The van der Waals surface area contributed by atoms with Crippen molar-refractivity contribution >= 4 is 25.1 Å². The van der Waals surface area contributed by atoms with E-state index in [0.717, 1.165) is 0 Å². The molecule has 1 aliphatic rings. The summed E-state index contributed by atoms with van der Waals surface area (Å²) in [6.07, 6.45) is -3.47. The van der Waals surface area contributed by atoms with Crippen molar-refractivity contribution in [3.8, 4) is 11.8 Å². The number of para-hydroxylation sites is 1. The molecule has 0 radical (unpaired) electrons. The molecule has 0 spiro atoms. The smallest absolute Gasteiger partial charge is 0.459 e. The molecule has 0 saturated carbocycles. The van der Waals surface area contributed by atoms with E-state index in [2.05, 4.69) is 15.2 Å². The lowest BCUT2D eigenvalue weighted by molar-refractivity contribution is -0.138. The molecule has 0 aliphatic carbocycles. The number of ether oxygens (including phenoxy) is 1. The Labute approximate surface area is 204 Å². The Bertz CT molecular complexity index is 1350. The molecule has 3 aromatic rings. The lowest BCUT2D eigenvalue weighted by atomic mass is 9.96. The second-order valence-corrected chi connectivity index (χ2v) is 9.73. The molecule has 0 amide bonds. The Kier molecular flexibility index (Phi) is 6.96. The average Bonchev–Trinajstić information content (AvgIpc) is 3.39. The van der Waals surface area contributed by atoms with Gasteiger partial charge in [0.1, 0.15) is 54.6 Å². The van der Waals surface area contributed by atoms with Gasteiger partial charge >= 0.3 is 13.7 Å². The van der Waals surface area contributed by atoms with E-state index in [1.807, 2.05) is 0 Å². The van der Waals surface area contributed by atoms with E-state index in [9.17, 15) is 29.9 Å². The van der Waals surface area contributed by atoms with Gasteiger partial charge in [-0.3, -0.25) is 9.32 Å². The molecule has 14 nitrogen and oxygen atoms in total. The Morgan fingerprint density at radius 2 is 2.08 bits per heavy atom. The second kappa shape index (κ2) is 9.82. The van der Waals surface area contributed by atoms with Crippen LogP contribution in [0.25, 0.3) is 5.52 Å². The minimum Gasteiger partial charge on any atom is -0.480 e. The van der Waals surface area contributed by atoms with E-state index in [0.29, 0.717) is 5.52 Å². The van der Waals surface area contributed by atoms with Crippen LogP contribution in [0.3, 0.4) is 0 Å². The number of nitriles is 1. The fourth-order valence-electron chi connectivity index (χ4n) is 3.66. The zero-order chi connectivity index (χ0) is 26.1. The van der Waals surface area contributed by atoms with E-state index in [1.54, 1.807) is 30.3 Å². The van der Waals surface area contributed by atoms with Gasteiger partial charge in [-0.25, -0.2) is 14.1 Å². The maximum atomic E-state index is 13.5. The summed E-state index contributed by atoms with van der Waals surface area (Å²) in [5.41, 5.74) is 4.32. The van der Waals surface area contributed by atoms with Crippen LogP contribution in [0.15, 0.2) is 48.8 Å². The number of aliphatic carboxylic acids is 1.